The van der Waals surface area contributed by atoms with Crippen LogP contribution in [0.25, 0.3) is 16.4 Å². The minimum Gasteiger partial charge on any atom is -0.348 e. The standard InChI is InChI=1S/C21H18N4O/c1-13-14(2)24(3)19-8-7-15(10-16(13)19)21(26)23-18-12-25-9-5-4-6-20(25)17(18)11-22/h4-10,12H,1-3H3,(H,23,26). The fourth-order valence-corrected chi connectivity index (χ4v) is 3.43. The molecule has 0 saturated carbocycles. The second kappa shape index (κ2) is 5.78. The van der Waals surface area contributed by atoms with Crippen molar-refractivity contribution in [2.24, 2.45) is 7.05 Å². The van der Waals surface area contributed by atoms with E-state index in [4.69, 9.17) is 0 Å². The highest BCUT2D eigenvalue weighted by atomic mass is 16.1. The molecular weight excluding hydrogens is 324 g/mol. The Balaban J connectivity index is 1.74. The molecule has 128 valence electrons. The van der Waals surface area contributed by atoms with Gasteiger partial charge in [0.05, 0.1) is 11.2 Å². The first-order valence-corrected chi connectivity index (χ1v) is 8.38. The molecule has 5 heteroatoms. The summed E-state index contributed by atoms with van der Waals surface area (Å²) in [5.41, 5.74) is 5.79. The van der Waals surface area contributed by atoms with Gasteiger partial charge in [-0.1, -0.05) is 6.07 Å². The van der Waals surface area contributed by atoms with Gasteiger partial charge in [0.2, 0.25) is 0 Å². The molecule has 0 radical (unpaired) electrons. The lowest BCUT2D eigenvalue weighted by molar-refractivity contribution is 0.102. The summed E-state index contributed by atoms with van der Waals surface area (Å²) in [7, 11) is 2.02. The predicted octanol–water partition coefficient (Wildman–Crippen LogP) is 4.17. The number of aromatic nitrogens is 2. The molecule has 26 heavy (non-hydrogen) atoms. The summed E-state index contributed by atoms with van der Waals surface area (Å²) in [5.74, 6) is -0.222. The number of nitriles is 1. The summed E-state index contributed by atoms with van der Waals surface area (Å²) in [6, 6.07) is 13.5. The molecule has 0 aliphatic carbocycles. The number of nitrogens with zero attached hydrogens (tertiary/aromatic N) is 3. The molecule has 1 aromatic carbocycles. The van der Waals surface area contributed by atoms with Crippen LogP contribution in [0.4, 0.5) is 5.69 Å². The quantitative estimate of drug-likeness (QED) is 0.594. The molecule has 0 bridgehead atoms. The Bertz CT molecular complexity index is 1220. The summed E-state index contributed by atoms with van der Waals surface area (Å²) in [6.45, 7) is 4.13. The summed E-state index contributed by atoms with van der Waals surface area (Å²) >= 11 is 0. The fourth-order valence-electron chi connectivity index (χ4n) is 3.43. The number of aryl methyl sites for hydroxylation is 2. The Hall–Kier alpha value is -3.52. The Morgan fingerprint density at radius 1 is 1.15 bits per heavy atom. The van der Waals surface area contributed by atoms with Crippen LogP contribution in [-0.2, 0) is 7.05 Å². The van der Waals surface area contributed by atoms with Crippen molar-refractivity contribution >= 4 is 28.0 Å². The van der Waals surface area contributed by atoms with Crippen LogP contribution < -0.4 is 5.32 Å². The number of pyridine rings is 1. The van der Waals surface area contributed by atoms with E-state index in [1.54, 1.807) is 6.20 Å². The van der Waals surface area contributed by atoms with Crippen LogP contribution in [0.3, 0.4) is 0 Å². The molecule has 3 aromatic heterocycles. The number of benzene rings is 1. The Labute approximate surface area is 151 Å². The maximum Gasteiger partial charge on any atom is 0.255 e. The van der Waals surface area contributed by atoms with Crippen LogP contribution in [-0.4, -0.2) is 14.9 Å². The number of carbonyl (C=O) groups excluding carboxylic acids is 1. The van der Waals surface area contributed by atoms with E-state index in [-0.39, 0.29) is 5.91 Å². The number of amides is 1. The Kier molecular flexibility index (Phi) is 3.55. The smallest absolute Gasteiger partial charge is 0.255 e. The molecule has 3 heterocycles. The van der Waals surface area contributed by atoms with Gasteiger partial charge in [0.15, 0.2) is 0 Å². The van der Waals surface area contributed by atoms with Crippen LogP contribution >= 0.6 is 0 Å². The van der Waals surface area contributed by atoms with Crippen molar-refractivity contribution < 1.29 is 4.79 Å². The third-order valence-electron chi connectivity index (χ3n) is 5.11. The van der Waals surface area contributed by atoms with Gasteiger partial charge in [-0.15, -0.1) is 0 Å². The largest absolute Gasteiger partial charge is 0.348 e. The highest BCUT2D eigenvalue weighted by molar-refractivity contribution is 6.07. The first-order valence-electron chi connectivity index (χ1n) is 8.38. The average molecular weight is 342 g/mol. The minimum absolute atomic E-state index is 0.222. The molecule has 5 nitrogen and oxygen atoms in total. The molecule has 0 aliphatic heterocycles. The lowest BCUT2D eigenvalue weighted by Gasteiger charge is -2.05. The number of hydrogen-bond acceptors (Lipinski definition) is 2. The maximum absolute atomic E-state index is 12.8. The molecule has 0 unspecified atom stereocenters. The second-order valence-electron chi connectivity index (χ2n) is 6.48. The van der Waals surface area contributed by atoms with Crippen LogP contribution in [0.5, 0.6) is 0 Å². The maximum atomic E-state index is 12.8. The zero-order valence-corrected chi connectivity index (χ0v) is 14.9. The molecule has 1 N–H and O–H groups in total. The molecule has 4 rings (SSSR count). The van der Waals surface area contributed by atoms with Crippen LogP contribution in [0.1, 0.15) is 27.2 Å². The summed E-state index contributed by atoms with van der Waals surface area (Å²) < 4.78 is 3.96. The van der Waals surface area contributed by atoms with E-state index in [9.17, 15) is 10.1 Å². The van der Waals surface area contributed by atoms with Crippen molar-refractivity contribution in [3.05, 3.63) is 71.2 Å². The van der Waals surface area contributed by atoms with Gasteiger partial charge in [-0.05, 0) is 49.7 Å². The van der Waals surface area contributed by atoms with Crippen LogP contribution in [0, 0.1) is 25.2 Å². The Morgan fingerprint density at radius 2 is 1.96 bits per heavy atom. The zero-order chi connectivity index (χ0) is 18.4. The topological polar surface area (TPSA) is 62.2 Å². The van der Waals surface area contributed by atoms with Gasteiger partial charge in [0, 0.05) is 41.6 Å². The van der Waals surface area contributed by atoms with Crippen LogP contribution in [0.15, 0.2) is 48.8 Å². The summed E-state index contributed by atoms with van der Waals surface area (Å²) in [4.78, 5) is 12.8. The molecular formula is C21H18N4O. The van der Waals surface area contributed by atoms with Gasteiger partial charge in [0.25, 0.3) is 5.91 Å². The molecule has 0 fully saturated rings. The van der Waals surface area contributed by atoms with Crippen molar-refractivity contribution in [2.45, 2.75) is 13.8 Å². The molecule has 0 spiro atoms. The van der Waals surface area contributed by atoms with Gasteiger partial charge in [0.1, 0.15) is 11.6 Å². The number of hydrogen-bond donors (Lipinski definition) is 1. The lowest BCUT2D eigenvalue weighted by Crippen LogP contribution is -2.12. The monoisotopic (exact) mass is 342 g/mol. The van der Waals surface area contributed by atoms with Gasteiger partial charge in [-0.25, -0.2) is 0 Å². The number of anilines is 1. The van der Waals surface area contributed by atoms with E-state index in [0.717, 1.165) is 16.4 Å². The lowest BCUT2D eigenvalue weighted by atomic mass is 10.1. The highest BCUT2D eigenvalue weighted by Gasteiger charge is 2.16. The predicted molar refractivity (Wildman–Crippen MR) is 102 cm³/mol. The molecule has 0 aliphatic rings. The Morgan fingerprint density at radius 3 is 2.73 bits per heavy atom. The summed E-state index contributed by atoms with van der Waals surface area (Å²) in [6.07, 6.45) is 3.62. The van der Waals surface area contributed by atoms with Gasteiger partial charge >= 0.3 is 0 Å². The highest BCUT2D eigenvalue weighted by Crippen LogP contribution is 2.27. The van der Waals surface area contributed by atoms with Gasteiger partial charge in [-0.2, -0.15) is 5.26 Å². The third-order valence-corrected chi connectivity index (χ3v) is 5.11. The first-order chi connectivity index (χ1) is 12.5. The molecule has 4 aromatic rings. The van der Waals surface area contributed by atoms with E-state index in [2.05, 4.69) is 29.8 Å². The van der Waals surface area contributed by atoms with Crippen molar-refractivity contribution in [3.8, 4) is 6.07 Å². The molecule has 0 saturated heterocycles. The zero-order valence-electron chi connectivity index (χ0n) is 14.9. The van der Waals surface area contributed by atoms with E-state index < -0.39 is 0 Å². The second-order valence-corrected chi connectivity index (χ2v) is 6.48. The first kappa shape index (κ1) is 16.0. The third kappa shape index (κ3) is 2.27. The number of rotatable bonds is 2. The van der Waals surface area contributed by atoms with Gasteiger partial charge in [-0.3, -0.25) is 4.79 Å². The van der Waals surface area contributed by atoms with Crippen LogP contribution in [0.2, 0.25) is 0 Å². The summed E-state index contributed by atoms with van der Waals surface area (Å²) in [5, 5.41) is 13.4. The SMILES string of the molecule is Cc1c(C)n(C)c2ccc(C(=O)Nc3cn4ccccc4c3C#N)cc12. The van der Waals surface area contributed by atoms with E-state index in [1.807, 2.05) is 54.0 Å². The van der Waals surface area contributed by atoms with E-state index in [0.29, 0.717) is 16.8 Å². The van der Waals surface area contributed by atoms with E-state index >= 15 is 0 Å². The van der Waals surface area contributed by atoms with Crippen molar-refractivity contribution in [3.63, 3.8) is 0 Å². The number of nitrogens with one attached hydrogen (secondary N) is 1. The van der Waals surface area contributed by atoms with Gasteiger partial charge < -0.3 is 14.3 Å². The van der Waals surface area contributed by atoms with E-state index in [1.165, 1.54) is 11.3 Å². The molecule has 0 atom stereocenters. The normalized spacial score (nSPS) is 11.0. The number of fused-ring (bicyclic) bond motifs is 2. The number of carbonyl (C=O) groups is 1. The minimum atomic E-state index is -0.222. The van der Waals surface area contributed by atoms with Crippen molar-refractivity contribution in [2.75, 3.05) is 5.32 Å². The molecule has 1 amide bonds. The average Bonchev–Trinajstić information content (AvgIpc) is 3.11. The fraction of sp³-hybridized carbons (Fsp3) is 0.143. The van der Waals surface area contributed by atoms with Crippen molar-refractivity contribution in [1.82, 2.24) is 8.97 Å². The van der Waals surface area contributed by atoms with Crippen molar-refractivity contribution in [1.29, 1.82) is 5.26 Å².